The molecule has 1 aromatic rings. The molecular weight excluding hydrogens is 146 g/mol. The van der Waals surface area contributed by atoms with Crippen molar-refractivity contribution in [3.63, 3.8) is 0 Å². The quantitative estimate of drug-likeness (QED) is 0.270. The van der Waals surface area contributed by atoms with Crippen molar-refractivity contribution in [1.29, 1.82) is 0 Å². The van der Waals surface area contributed by atoms with Crippen LogP contribution in [-0.2, 0) is 0 Å². The van der Waals surface area contributed by atoms with Crippen LogP contribution in [0.3, 0.4) is 0 Å². The third-order valence-corrected chi connectivity index (χ3v) is 2.16. The number of nitrogens with zero attached hydrogens (tertiary/aromatic N) is 1. The third kappa shape index (κ3) is 1.27. The van der Waals surface area contributed by atoms with E-state index in [1.54, 1.807) is 11.3 Å². The number of hydrazone groups is 1. The zero-order chi connectivity index (χ0) is 7.56. The van der Waals surface area contributed by atoms with Gasteiger partial charge in [-0.3, -0.25) is 0 Å². The van der Waals surface area contributed by atoms with Crippen LogP contribution in [0.5, 0.6) is 0 Å². The van der Waals surface area contributed by atoms with Gasteiger partial charge in [-0.05, 0) is 19.1 Å². The molecule has 54 valence electrons. The van der Waals surface area contributed by atoms with Crippen LogP contribution in [0.25, 0.3) is 0 Å². The van der Waals surface area contributed by atoms with Gasteiger partial charge in [-0.15, -0.1) is 11.3 Å². The highest BCUT2D eigenvalue weighted by Gasteiger charge is 1.98. The molecule has 0 spiro atoms. The highest BCUT2D eigenvalue weighted by Crippen LogP contribution is 2.13. The van der Waals surface area contributed by atoms with E-state index in [-0.39, 0.29) is 0 Å². The van der Waals surface area contributed by atoms with Crippen molar-refractivity contribution in [3.8, 4) is 0 Å². The lowest BCUT2D eigenvalue weighted by molar-refractivity contribution is 1.23. The predicted molar refractivity (Wildman–Crippen MR) is 44.0 cm³/mol. The van der Waals surface area contributed by atoms with Gasteiger partial charge in [-0.2, -0.15) is 5.10 Å². The zero-order valence-corrected chi connectivity index (χ0v) is 6.48. The minimum Gasteiger partial charge on any atom is -0.381 e. The summed E-state index contributed by atoms with van der Waals surface area (Å²) in [5, 5.41) is 3.38. The molecule has 0 radical (unpaired) electrons. The number of amidine groups is 1. The van der Waals surface area contributed by atoms with Gasteiger partial charge in [-0.25, -0.2) is 0 Å². The first-order valence-corrected chi connectivity index (χ1v) is 3.66. The van der Waals surface area contributed by atoms with E-state index in [1.165, 1.54) is 4.88 Å². The molecular formula is C6H9N3S. The van der Waals surface area contributed by atoms with E-state index in [0.29, 0.717) is 5.84 Å². The van der Waals surface area contributed by atoms with Crippen molar-refractivity contribution in [1.82, 2.24) is 0 Å². The average molecular weight is 155 g/mol. The van der Waals surface area contributed by atoms with E-state index in [2.05, 4.69) is 5.10 Å². The van der Waals surface area contributed by atoms with E-state index in [4.69, 9.17) is 11.6 Å². The van der Waals surface area contributed by atoms with Crippen LogP contribution < -0.4 is 11.6 Å². The smallest absolute Gasteiger partial charge is 0.160 e. The number of nitrogens with two attached hydrogens (primary N) is 2. The fourth-order valence-corrected chi connectivity index (χ4v) is 1.41. The molecule has 0 bridgehead atoms. The Morgan fingerprint density at radius 2 is 2.30 bits per heavy atom. The second kappa shape index (κ2) is 2.70. The third-order valence-electron chi connectivity index (χ3n) is 1.13. The Kier molecular flexibility index (Phi) is 1.91. The van der Waals surface area contributed by atoms with Crippen LogP contribution in [0.4, 0.5) is 0 Å². The van der Waals surface area contributed by atoms with Gasteiger partial charge in [0.25, 0.3) is 0 Å². The Hall–Kier alpha value is -1.03. The van der Waals surface area contributed by atoms with Gasteiger partial charge in [-0.1, -0.05) is 0 Å². The van der Waals surface area contributed by atoms with Gasteiger partial charge in [0.05, 0.1) is 4.88 Å². The molecule has 0 aliphatic carbocycles. The normalized spacial score (nSPS) is 11.9. The van der Waals surface area contributed by atoms with Crippen molar-refractivity contribution >= 4 is 17.2 Å². The molecule has 0 fully saturated rings. The monoisotopic (exact) mass is 155 g/mol. The molecule has 4 N–H and O–H groups in total. The van der Waals surface area contributed by atoms with Gasteiger partial charge in [0.2, 0.25) is 0 Å². The standard InChI is InChI=1S/C6H9N3S/c1-4-2-3-5(10-4)6(7)9-8/h2-3H,8H2,1H3,(H2,7,9). The number of rotatable bonds is 1. The highest BCUT2D eigenvalue weighted by molar-refractivity contribution is 7.14. The molecule has 0 aromatic carbocycles. The maximum Gasteiger partial charge on any atom is 0.160 e. The van der Waals surface area contributed by atoms with E-state index in [0.717, 1.165) is 4.88 Å². The molecule has 1 rings (SSSR count). The molecule has 0 saturated heterocycles. The second-order valence-corrected chi connectivity index (χ2v) is 3.21. The van der Waals surface area contributed by atoms with Crippen LogP contribution in [0.15, 0.2) is 17.2 Å². The Bertz CT molecular complexity index is 251. The number of aryl methyl sites for hydroxylation is 1. The number of hydrogen-bond donors (Lipinski definition) is 2. The first-order valence-electron chi connectivity index (χ1n) is 2.84. The molecule has 3 nitrogen and oxygen atoms in total. The minimum absolute atomic E-state index is 0.401. The van der Waals surface area contributed by atoms with Crippen molar-refractivity contribution in [2.45, 2.75) is 6.92 Å². The summed E-state index contributed by atoms with van der Waals surface area (Å²) < 4.78 is 0. The largest absolute Gasteiger partial charge is 0.381 e. The Labute approximate surface area is 63.3 Å². The first-order chi connectivity index (χ1) is 4.74. The van der Waals surface area contributed by atoms with Crippen molar-refractivity contribution in [3.05, 3.63) is 21.9 Å². The molecule has 0 atom stereocenters. The second-order valence-electron chi connectivity index (χ2n) is 1.92. The van der Waals surface area contributed by atoms with Crippen LogP contribution in [-0.4, -0.2) is 5.84 Å². The SMILES string of the molecule is Cc1ccc(/C(N)=N/N)s1. The van der Waals surface area contributed by atoms with Crippen molar-refractivity contribution in [2.75, 3.05) is 0 Å². The average Bonchev–Trinajstić information content (AvgIpc) is 2.34. The number of thiophene rings is 1. The fraction of sp³-hybridized carbons (Fsp3) is 0.167. The predicted octanol–water partition coefficient (Wildman–Crippen LogP) is 0.636. The fourth-order valence-electron chi connectivity index (χ4n) is 0.636. The molecule has 10 heavy (non-hydrogen) atoms. The van der Waals surface area contributed by atoms with Gasteiger partial charge in [0, 0.05) is 4.88 Å². The zero-order valence-electron chi connectivity index (χ0n) is 5.66. The summed E-state index contributed by atoms with van der Waals surface area (Å²) in [5.74, 6) is 5.38. The molecule has 0 saturated carbocycles. The van der Waals surface area contributed by atoms with Crippen LogP contribution in [0.2, 0.25) is 0 Å². The summed E-state index contributed by atoms with van der Waals surface area (Å²) >= 11 is 1.58. The van der Waals surface area contributed by atoms with Gasteiger partial charge >= 0.3 is 0 Å². The molecule has 1 heterocycles. The first kappa shape index (κ1) is 7.08. The lowest BCUT2D eigenvalue weighted by Crippen LogP contribution is -2.13. The molecule has 4 heteroatoms. The summed E-state index contributed by atoms with van der Waals surface area (Å²) in [6, 6.07) is 3.89. The minimum atomic E-state index is 0.401. The van der Waals surface area contributed by atoms with E-state index in [1.807, 2.05) is 19.1 Å². The summed E-state index contributed by atoms with van der Waals surface area (Å²) in [6.45, 7) is 2.01. The molecule has 0 aliphatic rings. The summed E-state index contributed by atoms with van der Waals surface area (Å²) in [5.41, 5.74) is 5.44. The van der Waals surface area contributed by atoms with Crippen LogP contribution in [0.1, 0.15) is 9.75 Å². The maximum atomic E-state index is 5.44. The van der Waals surface area contributed by atoms with E-state index in [9.17, 15) is 0 Å². The summed E-state index contributed by atoms with van der Waals surface area (Å²) in [7, 11) is 0. The molecule has 0 unspecified atom stereocenters. The van der Waals surface area contributed by atoms with Gasteiger partial charge in [0.1, 0.15) is 0 Å². The summed E-state index contributed by atoms with van der Waals surface area (Å²) in [4.78, 5) is 2.14. The van der Waals surface area contributed by atoms with Gasteiger partial charge in [0.15, 0.2) is 5.84 Å². The lowest BCUT2D eigenvalue weighted by Gasteiger charge is -1.89. The molecule has 0 aliphatic heterocycles. The van der Waals surface area contributed by atoms with Crippen molar-refractivity contribution < 1.29 is 0 Å². The van der Waals surface area contributed by atoms with E-state index < -0.39 is 0 Å². The van der Waals surface area contributed by atoms with Gasteiger partial charge < -0.3 is 11.6 Å². The summed E-state index contributed by atoms with van der Waals surface area (Å²) in [6.07, 6.45) is 0. The topological polar surface area (TPSA) is 64.4 Å². The highest BCUT2D eigenvalue weighted by atomic mass is 32.1. The van der Waals surface area contributed by atoms with Crippen LogP contribution >= 0.6 is 11.3 Å². The lowest BCUT2D eigenvalue weighted by atomic mass is 10.4. The Balaban J connectivity index is 2.95. The van der Waals surface area contributed by atoms with Crippen LogP contribution in [0, 0.1) is 6.92 Å². The Morgan fingerprint density at radius 1 is 1.60 bits per heavy atom. The van der Waals surface area contributed by atoms with Crippen molar-refractivity contribution in [2.24, 2.45) is 16.7 Å². The maximum absolute atomic E-state index is 5.44. The van der Waals surface area contributed by atoms with E-state index >= 15 is 0 Å². The number of hydrogen-bond acceptors (Lipinski definition) is 3. The molecule has 0 amide bonds. The molecule has 1 aromatic heterocycles. The Morgan fingerprint density at radius 3 is 2.70 bits per heavy atom.